The van der Waals surface area contributed by atoms with Crippen molar-refractivity contribution in [3.05, 3.63) is 151 Å². The lowest BCUT2D eigenvalue weighted by atomic mass is 9.55. The van der Waals surface area contributed by atoms with Crippen molar-refractivity contribution in [1.82, 2.24) is 15.0 Å². The molecule has 4 nitrogen and oxygen atoms in total. The van der Waals surface area contributed by atoms with E-state index in [1.54, 1.807) is 0 Å². The van der Waals surface area contributed by atoms with E-state index in [2.05, 4.69) is 107 Å². The Balaban J connectivity index is 1.18. The van der Waals surface area contributed by atoms with Crippen LogP contribution in [0.15, 0.2) is 144 Å². The minimum Gasteiger partial charge on any atom is -0.456 e. The van der Waals surface area contributed by atoms with Gasteiger partial charge in [-0.3, -0.25) is 0 Å². The Labute approximate surface area is 286 Å². The zero-order valence-corrected chi connectivity index (χ0v) is 28.0. The highest BCUT2D eigenvalue weighted by molar-refractivity contribution is 6.09. The van der Waals surface area contributed by atoms with Gasteiger partial charge in [-0.2, -0.15) is 0 Å². The third-order valence-electron chi connectivity index (χ3n) is 10.9. The van der Waals surface area contributed by atoms with E-state index in [9.17, 15) is 0 Å². The zero-order chi connectivity index (χ0) is 33.3. The highest BCUT2D eigenvalue weighted by atomic mass is 16.3. The van der Waals surface area contributed by atoms with Crippen LogP contribution >= 0.6 is 0 Å². The molecule has 1 aliphatic rings. The van der Waals surface area contributed by atoms with E-state index in [1.807, 2.05) is 60.7 Å². The van der Waals surface area contributed by atoms with Gasteiger partial charge in [0.2, 0.25) is 0 Å². The second-order valence-corrected chi connectivity index (χ2v) is 14.1. The number of aromatic nitrogens is 3. The molecule has 0 bridgehead atoms. The predicted molar refractivity (Wildman–Crippen MR) is 200 cm³/mol. The summed E-state index contributed by atoms with van der Waals surface area (Å²) in [6.45, 7) is 9.44. The van der Waals surface area contributed by atoms with Gasteiger partial charge in [-0.15, -0.1) is 0 Å². The molecule has 0 saturated heterocycles. The van der Waals surface area contributed by atoms with Crippen LogP contribution in [0.3, 0.4) is 0 Å². The van der Waals surface area contributed by atoms with Gasteiger partial charge in [0.05, 0.1) is 0 Å². The van der Waals surface area contributed by atoms with Crippen molar-refractivity contribution in [3.8, 4) is 56.4 Å². The largest absolute Gasteiger partial charge is 0.456 e. The molecule has 4 heteroatoms. The number of fused-ring (bicyclic) bond motifs is 7. The van der Waals surface area contributed by atoms with Crippen LogP contribution in [-0.4, -0.2) is 15.0 Å². The van der Waals surface area contributed by atoms with Gasteiger partial charge in [-0.25, -0.2) is 15.0 Å². The molecule has 0 saturated carbocycles. The van der Waals surface area contributed by atoms with Gasteiger partial charge in [0.25, 0.3) is 0 Å². The van der Waals surface area contributed by atoms with E-state index in [4.69, 9.17) is 19.4 Å². The van der Waals surface area contributed by atoms with E-state index in [-0.39, 0.29) is 10.8 Å². The van der Waals surface area contributed by atoms with E-state index < -0.39 is 0 Å². The first kappa shape index (κ1) is 29.3. The van der Waals surface area contributed by atoms with Crippen molar-refractivity contribution in [3.63, 3.8) is 0 Å². The third kappa shape index (κ3) is 4.55. The molecule has 2 heterocycles. The molecule has 2 aromatic heterocycles. The minimum absolute atomic E-state index is 0.0781. The Bertz CT molecular complexity index is 2490. The maximum absolute atomic E-state index is 6.76. The molecule has 0 aliphatic heterocycles. The Hall–Kier alpha value is -5.87. The molecule has 236 valence electrons. The SMILES string of the molecule is CC1(C)c2ccccc2-c2ccc3c(oc4ccc(-c5cccc(-c6nc(-c7ccccc7)nc(-c7ccccc7)n6)c5)cc43)c2C1(C)C. The van der Waals surface area contributed by atoms with Crippen LogP contribution in [0.2, 0.25) is 0 Å². The van der Waals surface area contributed by atoms with E-state index in [0.717, 1.165) is 49.8 Å². The molecule has 6 aromatic carbocycles. The van der Waals surface area contributed by atoms with E-state index in [1.165, 1.54) is 22.3 Å². The Morgan fingerprint density at radius 3 is 1.69 bits per heavy atom. The van der Waals surface area contributed by atoms with E-state index in [0.29, 0.717) is 17.5 Å². The normalized spacial score (nSPS) is 14.4. The summed E-state index contributed by atoms with van der Waals surface area (Å²) in [5.41, 5.74) is 11.9. The molecule has 8 aromatic rings. The molecule has 0 fully saturated rings. The van der Waals surface area contributed by atoms with Crippen molar-refractivity contribution >= 4 is 21.9 Å². The maximum atomic E-state index is 6.76. The first-order valence-corrected chi connectivity index (χ1v) is 16.9. The molecule has 1 aliphatic carbocycles. The summed E-state index contributed by atoms with van der Waals surface area (Å²) in [5.74, 6) is 1.94. The van der Waals surface area contributed by atoms with Gasteiger partial charge < -0.3 is 4.42 Å². The fourth-order valence-corrected chi connectivity index (χ4v) is 7.55. The summed E-state index contributed by atoms with van der Waals surface area (Å²) < 4.78 is 6.76. The molecule has 0 N–H and O–H groups in total. The lowest BCUT2D eigenvalue weighted by Crippen LogP contribution is -2.43. The molecular weight excluding hydrogens is 599 g/mol. The van der Waals surface area contributed by atoms with Crippen molar-refractivity contribution in [1.29, 1.82) is 0 Å². The molecule has 0 atom stereocenters. The molecule has 0 unspecified atom stereocenters. The van der Waals surface area contributed by atoms with Gasteiger partial charge in [-0.05, 0) is 57.5 Å². The maximum Gasteiger partial charge on any atom is 0.164 e. The molecular formula is C45H35N3O. The number of furan rings is 1. The fraction of sp³-hybridized carbons (Fsp3) is 0.133. The summed E-state index contributed by atoms with van der Waals surface area (Å²) in [7, 11) is 0. The number of rotatable bonds is 4. The number of benzene rings is 6. The summed E-state index contributed by atoms with van der Waals surface area (Å²) in [5, 5.41) is 2.26. The monoisotopic (exact) mass is 633 g/mol. The van der Waals surface area contributed by atoms with Crippen molar-refractivity contribution in [2.24, 2.45) is 0 Å². The lowest BCUT2D eigenvalue weighted by Gasteiger charge is -2.48. The Morgan fingerprint density at radius 1 is 0.429 bits per heavy atom. The number of hydrogen-bond acceptors (Lipinski definition) is 4. The van der Waals surface area contributed by atoms with Crippen LogP contribution in [0.25, 0.3) is 78.4 Å². The first-order valence-electron chi connectivity index (χ1n) is 16.9. The van der Waals surface area contributed by atoms with Crippen LogP contribution in [0.5, 0.6) is 0 Å². The van der Waals surface area contributed by atoms with Crippen LogP contribution in [-0.2, 0) is 10.8 Å². The quantitative estimate of drug-likeness (QED) is 0.193. The highest BCUT2D eigenvalue weighted by Gasteiger charge is 2.47. The smallest absolute Gasteiger partial charge is 0.164 e. The molecule has 0 radical (unpaired) electrons. The first-order chi connectivity index (χ1) is 23.8. The number of nitrogens with zero attached hydrogens (tertiary/aromatic N) is 3. The van der Waals surface area contributed by atoms with Gasteiger partial charge in [0.15, 0.2) is 17.5 Å². The third-order valence-corrected chi connectivity index (χ3v) is 10.9. The summed E-state index contributed by atoms with van der Waals surface area (Å²) in [6, 6.07) is 48.5. The average Bonchev–Trinajstić information content (AvgIpc) is 3.52. The van der Waals surface area contributed by atoms with Gasteiger partial charge in [-0.1, -0.05) is 143 Å². The van der Waals surface area contributed by atoms with Gasteiger partial charge >= 0.3 is 0 Å². The molecule has 9 rings (SSSR count). The summed E-state index contributed by atoms with van der Waals surface area (Å²) in [4.78, 5) is 14.8. The van der Waals surface area contributed by atoms with Crippen LogP contribution < -0.4 is 0 Å². The van der Waals surface area contributed by atoms with Crippen LogP contribution in [0, 0.1) is 0 Å². The van der Waals surface area contributed by atoms with E-state index >= 15 is 0 Å². The average molecular weight is 634 g/mol. The highest BCUT2D eigenvalue weighted by Crippen LogP contribution is 2.56. The zero-order valence-electron chi connectivity index (χ0n) is 28.0. The topological polar surface area (TPSA) is 51.8 Å². The second kappa shape index (κ2) is 10.8. The number of hydrogen-bond donors (Lipinski definition) is 0. The predicted octanol–water partition coefficient (Wildman–Crippen LogP) is 11.7. The van der Waals surface area contributed by atoms with Crippen molar-refractivity contribution in [2.45, 2.75) is 38.5 Å². The van der Waals surface area contributed by atoms with Gasteiger partial charge in [0.1, 0.15) is 11.2 Å². The fourth-order valence-electron chi connectivity index (χ4n) is 7.55. The standard InChI is InChI=1S/C45H35N3O/c1-44(2)37-21-12-11-20-33(37)34-23-24-35-36-27-31(22-25-38(36)49-40(35)39(34)45(44,3)4)30-18-13-19-32(26-30)43-47-41(28-14-7-5-8-15-28)46-42(48-43)29-16-9-6-10-17-29/h5-27H,1-4H3. The Morgan fingerprint density at radius 2 is 1.00 bits per heavy atom. The van der Waals surface area contributed by atoms with Crippen molar-refractivity contribution in [2.75, 3.05) is 0 Å². The van der Waals surface area contributed by atoms with Crippen molar-refractivity contribution < 1.29 is 4.42 Å². The molecule has 0 amide bonds. The summed E-state index contributed by atoms with van der Waals surface area (Å²) in [6.07, 6.45) is 0. The van der Waals surface area contributed by atoms with Crippen LogP contribution in [0.1, 0.15) is 38.8 Å². The second-order valence-electron chi connectivity index (χ2n) is 14.1. The van der Waals surface area contributed by atoms with Gasteiger partial charge in [0, 0.05) is 38.4 Å². The molecule has 49 heavy (non-hydrogen) atoms. The van der Waals surface area contributed by atoms with Crippen LogP contribution in [0.4, 0.5) is 0 Å². The lowest BCUT2D eigenvalue weighted by molar-refractivity contribution is 0.299. The minimum atomic E-state index is -0.150. The summed E-state index contributed by atoms with van der Waals surface area (Å²) >= 11 is 0. The molecule has 0 spiro atoms. The Kier molecular flexibility index (Phi) is 6.47.